The minimum absolute atomic E-state index is 0. The molecule has 8 heteroatoms. The highest BCUT2D eigenvalue weighted by Gasteiger charge is 2.17. The molecule has 0 aliphatic heterocycles. The summed E-state index contributed by atoms with van der Waals surface area (Å²) in [5.74, 6) is 1.54. The number of amides is 2. The Morgan fingerprint density at radius 3 is 2.22 bits per heavy atom. The van der Waals surface area contributed by atoms with Gasteiger partial charge >= 0.3 is 0 Å². The SMILES string of the molecule is CCNC(=NCCC(=O)N(CC)CC)NCCNC(=O)CC1CCCC1.I. The molecule has 0 bridgehead atoms. The molecule has 0 aromatic carbocycles. The number of guanidine groups is 1. The third-order valence-electron chi connectivity index (χ3n) is 4.74. The topological polar surface area (TPSA) is 85.8 Å². The molecule has 2 amide bonds. The smallest absolute Gasteiger partial charge is 0.224 e. The molecule has 0 aromatic rings. The Bertz CT molecular complexity index is 449. The van der Waals surface area contributed by atoms with Crippen LogP contribution in [-0.4, -0.2) is 61.9 Å². The summed E-state index contributed by atoms with van der Waals surface area (Å²) in [5, 5.41) is 9.33. The first-order valence-electron chi connectivity index (χ1n) is 10.2. The van der Waals surface area contributed by atoms with Crippen molar-refractivity contribution < 1.29 is 9.59 Å². The van der Waals surface area contributed by atoms with E-state index in [-0.39, 0.29) is 35.8 Å². The van der Waals surface area contributed by atoms with Crippen LogP contribution >= 0.6 is 24.0 Å². The van der Waals surface area contributed by atoms with Crippen molar-refractivity contribution >= 4 is 41.8 Å². The second kappa shape index (κ2) is 15.9. The van der Waals surface area contributed by atoms with E-state index < -0.39 is 0 Å². The van der Waals surface area contributed by atoms with E-state index in [4.69, 9.17) is 0 Å². The van der Waals surface area contributed by atoms with Crippen molar-refractivity contribution in [3.63, 3.8) is 0 Å². The second-order valence-electron chi connectivity index (χ2n) is 6.71. The van der Waals surface area contributed by atoms with Crippen LogP contribution in [0.25, 0.3) is 0 Å². The van der Waals surface area contributed by atoms with Crippen LogP contribution in [0.5, 0.6) is 0 Å². The highest BCUT2D eigenvalue weighted by Crippen LogP contribution is 2.27. The van der Waals surface area contributed by atoms with E-state index in [9.17, 15) is 9.59 Å². The molecule has 7 nitrogen and oxygen atoms in total. The molecule has 1 aliphatic carbocycles. The number of carbonyl (C=O) groups excluding carboxylic acids is 2. The molecule has 158 valence electrons. The lowest BCUT2D eigenvalue weighted by Gasteiger charge is -2.18. The number of nitrogens with one attached hydrogen (secondary N) is 3. The van der Waals surface area contributed by atoms with E-state index in [2.05, 4.69) is 20.9 Å². The molecule has 0 radical (unpaired) electrons. The van der Waals surface area contributed by atoms with Gasteiger partial charge in [0.15, 0.2) is 5.96 Å². The number of nitrogens with zero attached hydrogens (tertiary/aromatic N) is 2. The Kier molecular flexibility index (Phi) is 15.3. The number of carbonyl (C=O) groups is 2. The fourth-order valence-corrected chi connectivity index (χ4v) is 3.27. The molecular weight excluding hydrogens is 457 g/mol. The van der Waals surface area contributed by atoms with Crippen LogP contribution in [0.1, 0.15) is 59.3 Å². The lowest BCUT2D eigenvalue weighted by Crippen LogP contribution is -2.42. The van der Waals surface area contributed by atoms with Crippen LogP contribution < -0.4 is 16.0 Å². The van der Waals surface area contributed by atoms with E-state index in [1.165, 1.54) is 25.7 Å². The van der Waals surface area contributed by atoms with E-state index in [0.29, 0.717) is 44.4 Å². The predicted octanol–water partition coefficient (Wildman–Crippen LogP) is 2.11. The van der Waals surface area contributed by atoms with E-state index in [0.717, 1.165) is 19.6 Å². The summed E-state index contributed by atoms with van der Waals surface area (Å²) >= 11 is 0. The van der Waals surface area contributed by atoms with Gasteiger partial charge in [-0.25, -0.2) is 0 Å². The number of rotatable bonds is 11. The number of hydrogen-bond acceptors (Lipinski definition) is 3. The number of hydrogen-bond donors (Lipinski definition) is 3. The minimum atomic E-state index is 0. The van der Waals surface area contributed by atoms with E-state index >= 15 is 0 Å². The first-order valence-corrected chi connectivity index (χ1v) is 10.2. The summed E-state index contributed by atoms with van der Waals surface area (Å²) in [6.07, 6.45) is 5.97. The molecule has 0 unspecified atom stereocenters. The zero-order chi connectivity index (χ0) is 19.2. The van der Waals surface area contributed by atoms with Gasteiger partial charge in [0.2, 0.25) is 11.8 Å². The Morgan fingerprint density at radius 1 is 1.00 bits per heavy atom. The third kappa shape index (κ3) is 11.4. The third-order valence-corrected chi connectivity index (χ3v) is 4.74. The molecule has 1 saturated carbocycles. The van der Waals surface area contributed by atoms with Gasteiger partial charge in [0.25, 0.3) is 0 Å². The van der Waals surface area contributed by atoms with Crippen LogP contribution in [0.4, 0.5) is 0 Å². The van der Waals surface area contributed by atoms with Gasteiger partial charge in [0, 0.05) is 45.6 Å². The number of halogens is 1. The quantitative estimate of drug-likeness (QED) is 0.178. The molecule has 1 fully saturated rings. The highest BCUT2D eigenvalue weighted by atomic mass is 127. The molecule has 1 rings (SSSR count). The van der Waals surface area contributed by atoms with E-state index in [1.807, 2.05) is 25.7 Å². The molecule has 0 aromatic heterocycles. The van der Waals surface area contributed by atoms with Crippen LogP contribution in [0.2, 0.25) is 0 Å². The Morgan fingerprint density at radius 2 is 1.63 bits per heavy atom. The lowest BCUT2D eigenvalue weighted by molar-refractivity contribution is -0.130. The summed E-state index contributed by atoms with van der Waals surface area (Å²) in [6.45, 7) is 9.84. The van der Waals surface area contributed by atoms with Gasteiger partial charge in [0.1, 0.15) is 0 Å². The van der Waals surface area contributed by atoms with Gasteiger partial charge < -0.3 is 20.9 Å². The van der Waals surface area contributed by atoms with Crippen molar-refractivity contribution in [3.05, 3.63) is 0 Å². The fraction of sp³-hybridized carbons (Fsp3) is 0.842. The van der Waals surface area contributed by atoms with Crippen LogP contribution in [0.15, 0.2) is 4.99 Å². The second-order valence-corrected chi connectivity index (χ2v) is 6.71. The first-order chi connectivity index (χ1) is 12.6. The largest absolute Gasteiger partial charge is 0.357 e. The van der Waals surface area contributed by atoms with Crippen molar-refractivity contribution in [3.8, 4) is 0 Å². The normalized spacial score (nSPS) is 14.4. The van der Waals surface area contributed by atoms with Crippen LogP contribution in [0.3, 0.4) is 0 Å². The summed E-state index contributed by atoms with van der Waals surface area (Å²) in [4.78, 5) is 30.2. The maximum Gasteiger partial charge on any atom is 0.224 e. The summed E-state index contributed by atoms with van der Waals surface area (Å²) in [6, 6.07) is 0. The van der Waals surface area contributed by atoms with Crippen molar-refractivity contribution in [2.75, 3.05) is 39.3 Å². The zero-order valence-electron chi connectivity index (χ0n) is 17.2. The average Bonchev–Trinajstić information content (AvgIpc) is 3.12. The molecular formula is C19H38IN5O2. The Labute approximate surface area is 181 Å². The molecule has 0 saturated heterocycles. The average molecular weight is 495 g/mol. The Balaban J connectivity index is 0.00000676. The molecule has 0 atom stereocenters. The van der Waals surface area contributed by atoms with Crippen molar-refractivity contribution in [1.82, 2.24) is 20.9 Å². The van der Waals surface area contributed by atoms with Crippen molar-refractivity contribution in [1.29, 1.82) is 0 Å². The fourth-order valence-electron chi connectivity index (χ4n) is 3.27. The minimum Gasteiger partial charge on any atom is -0.357 e. The summed E-state index contributed by atoms with van der Waals surface area (Å²) < 4.78 is 0. The lowest BCUT2D eigenvalue weighted by atomic mass is 10.0. The molecule has 27 heavy (non-hydrogen) atoms. The monoisotopic (exact) mass is 495 g/mol. The first kappa shape index (κ1) is 25.9. The zero-order valence-corrected chi connectivity index (χ0v) is 19.5. The molecule has 1 aliphatic rings. The predicted molar refractivity (Wildman–Crippen MR) is 122 cm³/mol. The van der Waals surface area contributed by atoms with Crippen LogP contribution in [-0.2, 0) is 9.59 Å². The van der Waals surface area contributed by atoms with E-state index in [1.54, 1.807) is 0 Å². The van der Waals surface area contributed by atoms with Gasteiger partial charge in [-0.3, -0.25) is 14.6 Å². The molecule has 0 spiro atoms. The van der Waals surface area contributed by atoms with Gasteiger partial charge in [0.05, 0.1) is 6.54 Å². The maximum atomic E-state index is 12.0. The van der Waals surface area contributed by atoms with Gasteiger partial charge in [-0.15, -0.1) is 24.0 Å². The number of aliphatic imine (C=N–C) groups is 1. The van der Waals surface area contributed by atoms with Crippen LogP contribution in [0, 0.1) is 5.92 Å². The summed E-state index contributed by atoms with van der Waals surface area (Å²) in [7, 11) is 0. The maximum absolute atomic E-state index is 12.0. The van der Waals surface area contributed by atoms with Gasteiger partial charge in [-0.05, 0) is 39.5 Å². The standard InChI is InChI=1S/C19H37N5O2.HI/c1-4-20-19(22-12-11-18(26)24(5-2)6-3)23-14-13-21-17(25)15-16-9-7-8-10-16;/h16H,4-15H2,1-3H3,(H,21,25)(H2,20,22,23);1H. The van der Waals surface area contributed by atoms with Gasteiger partial charge in [-0.2, -0.15) is 0 Å². The molecule has 3 N–H and O–H groups in total. The highest BCUT2D eigenvalue weighted by molar-refractivity contribution is 14.0. The van der Waals surface area contributed by atoms with Crippen molar-refractivity contribution in [2.24, 2.45) is 10.9 Å². The molecule has 0 heterocycles. The Hall–Kier alpha value is -1.06. The summed E-state index contributed by atoms with van der Waals surface area (Å²) in [5.41, 5.74) is 0. The van der Waals surface area contributed by atoms with Crippen molar-refractivity contribution in [2.45, 2.75) is 59.3 Å². The van der Waals surface area contributed by atoms with Gasteiger partial charge in [-0.1, -0.05) is 12.8 Å².